The molecule has 1 aromatic heterocycles. The van der Waals surface area contributed by atoms with Crippen molar-refractivity contribution in [1.29, 1.82) is 0 Å². The van der Waals surface area contributed by atoms with Crippen molar-refractivity contribution < 1.29 is 0 Å². The lowest BCUT2D eigenvalue weighted by Gasteiger charge is -2.14. The van der Waals surface area contributed by atoms with Crippen LogP contribution in [0.4, 0.5) is 0 Å². The second kappa shape index (κ2) is 17.4. The molecule has 1 aromatic rings. The third kappa shape index (κ3) is 10.4. The fourth-order valence-electron chi connectivity index (χ4n) is 3.70. The highest BCUT2D eigenvalue weighted by atomic mass is 16.2. The minimum atomic E-state index is -0.541. The van der Waals surface area contributed by atoms with Gasteiger partial charge in [-0.15, -0.1) is 0 Å². The van der Waals surface area contributed by atoms with Crippen molar-refractivity contribution in [1.82, 2.24) is 13.7 Å². The molecule has 0 radical (unpaired) electrons. The third-order valence-electron chi connectivity index (χ3n) is 5.59. The zero-order valence-corrected chi connectivity index (χ0v) is 19.6. The molecule has 0 saturated heterocycles. The number of aromatic nitrogens is 3. The molecule has 0 saturated carbocycles. The van der Waals surface area contributed by atoms with Gasteiger partial charge >= 0.3 is 17.1 Å². The van der Waals surface area contributed by atoms with Crippen LogP contribution >= 0.6 is 0 Å². The Morgan fingerprint density at radius 2 is 0.667 bits per heavy atom. The molecule has 0 bridgehead atoms. The summed E-state index contributed by atoms with van der Waals surface area (Å²) in [5.74, 6) is 0. The maximum Gasteiger partial charge on any atom is 0.336 e. The summed E-state index contributed by atoms with van der Waals surface area (Å²) >= 11 is 0. The minimum absolute atomic E-state index is 0.270. The zero-order valence-electron chi connectivity index (χ0n) is 19.6. The lowest BCUT2D eigenvalue weighted by Crippen LogP contribution is -2.54. The van der Waals surface area contributed by atoms with Crippen LogP contribution in [0.25, 0.3) is 14.5 Å². The van der Waals surface area contributed by atoms with E-state index in [1.54, 1.807) is 0 Å². The summed E-state index contributed by atoms with van der Waals surface area (Å²) < 4.78 is 3.57. The summed E-state index contributed by atoms with van der Waals surface area (Å²) in [7, 11) is 0. The van der Waals surface area contributed by atoms with Crippen LogP contribution in [-0.4, -0.2) is 33.3 Å². The molecule has 0 atom stereocenters. The van der Waals surface area contributed by atoms with Crippen molar-refractivity contribution in [3.8, 4) is 0 Å². The Hall–Kier alpha value is -3.12. The Morgan fingerprint density at radius 3 is 0.909 bits per heavy atom. The van der Waals surface area contributed by atoms with Gasteiger partial charge < -0.3 is 14.5 Å². The Labute approximate surface area is 196 Å². The van der Waals surface area contributed by atoms with E-state index in [-0.39, 0.29) is 19.6 Å². The molecule has 1 heterocycles. The molecule has 0 aliphatic carbocycles. The topological polar surface area (TPSA) is 79.1 Å². The van der Waals surface area contributed by atoms with Gasteiger partial charge in [0.2, 0.25) is 19.6 Å². The number of hydrogen-bond acceptors (Lipinski definition) is 3. The first-order valence-electron chi connectivity index (χ1n) is 12.0. The van der Waals surface area contributed by atoms with Gasteiger partial charge in [0.15, 0.2) is 0 Å². The molecule has 180 valence electrons. The largest absolute Gasteiger partial charge is 0.336 e. The van der Waals surface area contributed by atoms with Crippen LogP contribution in [0.1, 0.15) is 77.0 Å². The number of unbranched alkanes of at least 4 members (excludes halogenated alkanes) is 9. The summed E-state index contributed by atoms with van der Waals surface area (Å²) in [5.41, 5.74) is -1.62. The second-order valence-corrected chi connectivity index (χ2v) is 8.19. The minimum Gasteiger partial charge on any atom is -0.317 e. The molecule has 0 N–H and O–H groups in total. The first kappa shape index (κ1) is 27.9. The second-order valence-electron chi connectivity index (χ2n) is 8.19. The monoisotopic (exact) mass is 456 g/mol. The average Bonchev–Trinajstić information content (AvgIpc) is 2.81. The van der Waals surface area contributed by atoms with Crippen LogP contribution in [0.3, 0.4) is 0 Å². The van der Waals surface area contributed by atoms with Gasteiger partial charge in [0.05, 0.1) is 0 Å². The van der Waals surface area contributed by atoms with Gasteiger partial charge in [0, 0.05) is 38.9 Å². The van der Waals surface area contributed by atoms with E-state index in [4.69, 9.17) is 19.7 Å². The van der Waals surface area contributed by atoms with Crippen LogP contribution in [0, 0.1) is 19.7 Å². The molecule has 9 heteroatoms. The Balaban J connectivity index is 2.93. The van der Waals surface area contributed by atoms with E-state index in [1.165, 1.54) is 13.7 Å². The van der Waals surface area contributed by atoms with Crippen LogP contribution in [-0.2, 0) is 19.6 Å². The highest BCUT2D eigenvalue weighted by Gasteiger charge is 2.15. The number of nitrogens with zero attached hydrogens (tertiary/aromatic N) is 6. The molecule has 0 spiro atoms. The van der Waals surface area contributed by atoms with Crippen LogP contribution in [0.15, 0.2) is 14.4 Å². The Bertz CT molecular complexity index is 841. The van der Waals surface area contributed by atoms with Crippen molar-refractivity contribution in [3.05, 3.63) is 65.7 Å². The number of hydrogen-bond donors (Lipinski definition) is 0. The quantitative estimate of drug-likeness (QED) is 0.250. The smallest absolute Gasteiger partial charge is 0.317 e. The molecule has 0 aliphatic rings. The van der Waals surface area contributed by atoms with Gasteiger partial charge in [-0.25, -0.2) is 47.8 Å². The molecule has 0 aromatic carbocycles. The van der Waals surface area contributed by atoms with E-state index in [0.29, 0.717) is 38.9 Å². The van der Waals surface area contributed by atoms with E-state index >= 15 is 0 Å². The maximum atomic E-state index is 12.9. The predicted octanol–water partition coefficient (Wildman–Crippen LogP) is 3.61. The molecule has 0 fully saturated rings. The predicted molar refractivity (Wildman–Crippen MR) is 129 cm³/mol. The van der Waals surface area contributed by atoms with E-state index in [1.807, 2.05) is 0 Å². The van der Waals surface area contributed by atoms with E-state index < -0.39 is 17.1 Å². The van der Waals surface area contributed by atoms with Gasteiger partial charge in [-0.1, -0.05) is 19.3 Å². The van der Waals surface area contributed by atoms with Crippen molar-refractivity contribution in [2.45, 2.75) is 96.7 Å². The summed E-state index contributed by atoms with van der Waals surface area (Å²) in [6.07, 6.45) is 9.47. The van der Waals surface area contributed by atoms with Crippen molar-refractivity contribution in [2.75, 3.05) is 19.6 Å². The van der Waals surface area contributed by atoms with Gasteiger partial charge in [-0.05, 0) is 38.5 Å². The van der Waals surface area contributed by atoms with E-state index in [0.717, 1.165) is 57.8 Å². The zero-order chi connectivity index (χ0) is 24.3. The summed E-state index contributed by atoms with van der Waals surface area (Å²) in [4.78, 5) is 48.8. The van der Waals surface area contributed by atoms with Crippen molar-refractivity contribution >= 4 is 0 Å². The van der Waals surface area contributed by atoms with Crippen LogP contribution in [0.5, 0.6) is 0 Å². The fraction of sp³-hybridized carbons (Fsp3) is 0.750. The van der Waals surface area contributed by atoms with Gasteiger partial charge in [0.1, 0.15) is 0 Å². The molecule has 33 heavy (non-hydrogen) atoms. The van der Waals surface area contributed by atoms with Crippen molar-refractivity contribution in [3.63, 3.8) is 0 Å². The summed E-state index contributed by atoms with van der Waals surface area (Å²) in [6.45, 7) is 22.7. The Morgan fingerprint density at radius 1 is 0.424 bits per heavy atom. The van der Waals surface area contributed by atoms with Crippen LogP contribution in [0.2, 0.25) is 0 Å². The maximum absolute atomic E-state index is 12.9. The summed E-state index contributed by atoms with van der Waals surface area (Å²) in [5, 5.41) is 0. The molecular formula is C24H36N6O3. The first-order valence-corrected chi connectivity index (χ1v) is 12.0. The van der Waals surface area contributed by atoms with Gasteiger partial charge in [-0.3, -0.25) is 0 Å². The fourth-order valence-corrected chi connectivity index (χ4v) is 3.70. The standard InChI is InChI=1S/C24H36N6O3/c1-25-16-10-4-7-13-19-28-22(31)29(20-14-8-5-11-17-26-2)24(33)30(23(28)32)21-15-9-6-12-18-27-3/h4-21H2. The lowest BCUT2D eigenvalue weighted by atomic mass is 10.2. The highest BCUT2D eigenvalue weighted by Crippen LogP contribution is 2.03. The summed E-state index contributed by atoms with van der Waals surface area (Å²) in [6, 6.07) is 0. The van der Waals surface area contributed by atoms with E-state index in [9.17, 15) is 14.4 Å². The molecule has 1 rings (SSSR count). The molecule has 0 aliphatic heterocycles. The van der Waals surface area contributed by atoms with Gasteiger partial charge in [0.25, 0.3) is 0 Å². The first-order chi connectivity index (χ1) is 16.1. The molecule has 9 nitrogen and oxygen atoms in total. The highest BCUT2D eigenvalue weighted by molar-refractivity contribution is 4.79. The van der Waals surface area contributed by atoms with E-state index in [2.05, 4.69) is 14.5 Å². The SMILES string of the molecule is [C-]#[N+]CCCCCCn1c(=O)n(CCCCCC[N+]#[C-])c(=O)n(CCCCCC[N+]#[C-])c1=O. The van der Waals surface area contributed by atoms with Crippen molar-refractivity contribution in [2.24, 2.45) is 0 Å². The molecule has 0 unspecified atom stereocenters. The number of rotatable bonds is 18. The normalized spacial score (nSPS) is 10.5. The Kier molecular flexibility index (Phi) is 14.7. The molecule has 0 amide bonds. The van der Waals surface area contributed by atoms with Crippen LogP contribution < -0.4 is 17.1 Å². The molecular weight excluding hydrogens is 420 g/mol. The average molecular weight is 457 g/mol. The lowest BCUT2D eigenvalue weighted by molar-refractivity contribution is 0.413. The third-order valence-corrected chi connectivity index (χ3v) is 5.59. The van der Waals surface area contributed by atoms with Gasteiger partial charge in [-0.2, -0.15) is 0 Å².